The summed E-state index contributed by atoms with van der Waals surface area (Å²) in [4.78, 5) is 24.4. The van der Waals surface area contributed by atoms with Crippen molar-refractivity contribution in [1.82, 2.24) is 15.0 Å². The lowest BCUT2D eigenvalue weighted by atomic mass is 10.1. The molecule has 0 fully saturated rings. The van der Waals surface area contributed by atoms with Gasteiger partial charge in [-0.15, -0.1) is 11.3 Å². The van der Waals surface area contributed by atoms with Crippen LogP contribution in [-0.4, -0.2) is 26.2 Å². The van der Waals surface area contributed by atoms with E-state index < -0.39 is 11.9 Å². The molecule has 6 nitrogen and oxygen atoms in total. The highest BCUT2D eigenvalue weighted by Gasteiger charge is 2.19. The van der Waals surface area contributed by atoms with Crippen molar-refractivity contribution in [2.45, 2.75) is 19.8 Å². The molecule has 0 aliphatic carbocycles. The van der Waals surface area contributed by atoms with Crippen LogP contribution in [0.3, 0.4) is 0 Å². The van der Waals surface area contributed by atoms with Crippen LogP contribution in [0, 0.1) is 5.82 Å². The van der Waals surface area contributed by atoms with Gasteiger partial charge in [-0.3, -0.25) is 5.32 Å². The highest BCUT2D eigenvalue weighted by Crippen LogP contribution is 2.39. The molecule has 0 spiro atoms. The monoisotopic (exact) mass is 392 g/mol. The summed E-state index contributed by atoms with van der Waals surface area (Å²) in [5, 5.41) is 11.9. The second-order valence-electron chi connectivity index (χ2n) is 5.72. The van der Waals surface area contributed by atoms with Gasteiger partial charge in [-0.1, -0.05) is 13.8 Å². The van der Waals surface area contributed by atoms with E-state index in [9.17, 15) is 9.18 Å². The molecule has 0 bridgehead atoms. The van der Waals surface area contributed by atoms with Gasteiger partial charge in [-0.05, 0) is 35.9 Å². The van der Waals surface area contributed by atoms with Crippen molar-refractivity contribution in [1.29, 1.82) is 0 Å². The Morgan fingerprint density at radius 1 is 1.31 bits per heavy atom. The predicted molar refractivity (Wildman–Crippen MR) is 99.3 cm³/mol. The van der Waals surface area contributed by atoms with E-state index in [4.69, 9.17) is 16.7 Å². The molecule has 9 heteroatoms. The first-order valence-electron chi connectivity index (χ1n) is 7.64. The number of anilines is 1. The van der Waals surface area contributed by atoms with Crippen molar-refractivity contribution < 1.29 is 14.3 Å². The molecule has 2 heterocycles. The lowest BCUT2D eigenvalue weighted by Crippen LogP contribution is -2.08. The fourth-order valence-electron chi connectivity index (χ4n) is 2.30. The summed E-state index contributed by atoms with van der Waals surface area (Å²) in [6.07, 6.45) is 0.204. The van der Waals surface area contributed by atoms with Crippen molar-refractivity contribution in [3.63, 3.8) is 0 Å². The van der Waals surface area contributed by atoms with Crippen LogP contribution in [0.2, 0.25) is 5.28 Å². The third-order valence-electron chi connectivity index (χ3n) is 3.48. The molecule has 0 saturated carbocycles. The summed E-state index contributed by atoms with van der Waals surface area (Å²) in [5.74, 6) is -0.482. The molecular formula is C17H14ClFN4O2S. The maximum absolute atomic E-state index is 13.9. The normalized spacial score (nSPS) is 11.0. The van der Waals surface area contributed by atoms with Crippen molar-refractivity contribution in [2.75, 3.05) is 5.32 Å². The minimum atomic E-state index is -1.34. The molecule has 0 aliphatic rings. The molecule has 0 aliphatic heterocycles. The molecule has 0 radical (unpaired) electrons. The number of nitrogens with zero attached hydrogens (tertiary/aromatic N) is 3. The zero-order valence-corrected chi connectivity index (χ0v) is 15.4. The summed E-state index contributed by atoms with van der Waals surface area (Å²) in [6.45, 7) is 4.03. The summed E-state index contributed by atoms with van der Waals surface area (Å²) in [7, 11) is 0. The number of nitrogens with one attached hydrogen (secondary N) is 1. The quantitative estimate of drug-likeness (QED) is 0.590. The number of amides is 1. The van der Waals surface area contributed by atoms with Crippen LogP contribution in [0.4, 0.5) is 14.9 Å². The van der Waals surface area contributed by atoms with Gasteiger partial charge < -0.3 is 5.11 Å². The number of thiazole rings is 1. The summed E-state index contributed by atoms with van der Waals surface area (Å²) >= 11 is 7.36. The number of rotatable bonds is 4. The van der Waals surface area contributed by atoms with Crippen molar-refractivity contribution in [3.8, 4) is 21.8 Å². The van der Waals surface area contributed by atoms with Crippen LogP contribution in [0.25, 0.3) is 21.8 Å². The Kier molecular flexibility index (Phi) is 5.15. The summed E-state index contributed by atoms with van der Waals surface area (Å²) in [6, 6.07) is 5.88. The van der Waals surface area contributed by atoms with Crippen molar-refractivity contribution >= 4 is 34.7 Å². The molecule has 0 unspecified atom stereocenters. The number of benzene rings is 1. The molecule has 0 atom stereocenters. The average Bonchev–Trinajstić information content (AvgIpc) is 3.02. The van der Waals surface area contributed by atoms with E-state index >= 15 is 0 Å². The number of halogens is 2. The van der Waals surface area contributed by atoms with Gasteiger partial charge >= 0.3 is 6.09 Å². The smallest absolute Gasteiger partial charge is 0.409 e. The fraction of sp³-hybridized carbons (Fsp3) is 0.176. The molecule has 134 valence electrons. The predicted octanol–water partition coefficient (Wildman–Crippen LogP) is 5.27. The zero-order valence-electron chi connectivity index (χ0n) is 13.8. The third kappa shape index (κ3) is 3.81. The van der Waals surface area contributed by atoms with E-state index in [1.807, 2.05) is 13.8 Å². The van der Waals surface area contributed by atoms with Crippen LogP contribution < -0.4 is 5.32 Å². The first-order chi connectivity index (χ1) is 12.3. The maximum atomic E-state index is 13.9. The first-order valence-corrected chi connectivity index (χ1v) is 8.84. The Balaban J connectivity index is 2.17. The number of aromatic nitrogens is 3. The summed E-state index contributed by atoms with van der Waals surface area (Å²) < 4.78 is 13.9. The van der Waals surface area contributed by atoms with Crippen LogP contribution in [0.15, 0.2) is 30.5 Å². The molecule has 2 aromatic heterocycles. The molecule has 3 rings (SSSR count). The van der Waals surface area contributed by atoms with E-state index in [-0.39, 0.29) is 16.9 Å². The number of carboxylic acid groups (broad SMARTS) is 1. The highest BCUT2D eigenvalue weighted by atomic mass is 35.5. The van der Waals surface area contributed by atoms with Crippen LogP contribution in [0.1, 0.15) is 24.8 Å². The Hall–Kier alpha value is -2.58. The standard InChI is InChI=1S/C17H14ClFN4O2S/c1-8(2)15-23-13(14(26-15)11-5-6-20-16(18)21-11)9-3-4-10(19)12(7-9)22-17(24)25/h3-8,22H,1-2H3,(H,24,25). The second-order valence-corrected chi connectivity index (χ2v) is 7.09. The van der Waals surface area contributed by atoms with Gasteiger partial charge in [0, 0.05) is 17.7 Å². The molecular weight excluding hydrogens is 379 g/mol. The Labute approximate surface area is 157 Å². The minimum absolute atomic E-state index is 0.111. The highest BCUT2D eigenvalue weighted by molar-refractivity contribution is 7.15. The molecule has 1 aromatic carbocycles. The molecule has 26 heavy (non-hydrogen) atoms. The molecule has 3 aromatic rings. The lowest BCUT2D eigenvalue weighted by Gasteiger charge is -2.07. The average molecular weight is 393 g/mol. The minimum Gasteiger partial charge on any atom is -0.465 e. The van der Waals surface area contributed by atoms with Gasteiger partial charge in [-0.2, -0.15) is 0 Å². The second kappa shape index (κ2) is 7.35. The van der Waals surface area contributed by atoms with Gasteiger partial charge in [0.15, 0.2) is 0 Å². The van der Waals surface area contributed by atoms with Gasteiger partial charge in [0.05, 0.1) is 27.0 Å². The topological polar surface area (TPSA) is 88.0 Å². The van der Waals surface area contributed by atoms with Gasteiger partial charge in [-0.25, -0.2) is 24.1 Å². The van der Waals surface area contributed by atoms with E-state index in [1.54, 1.807) is 18.3 Å². The summed E-state index contributed by atoms with van der Waals surface area (Å²) in [5.41, 5.74) is 1.62. The molecule has 2 N–H and O–H groups in total. The van der Waals surface area contributed by atoms with E-state index in [0.717, 1.165) is 9.88 Å². The van der Waals surface area contributed by atoms with Gasteiger partial charge in [0.25, 0.3) is 0 Å². The number of carbonyl (C=O) groups is 1. The van der Waals surface area contributed by atoms with Gasteiger partial charge in [0.1, 0.15) is 5.82 Å². The van der Waals surface area contributed by atoms with Crippen molar-refractivity contribution in [2.24, 2.45) is 0 Å². The number of hydrogen-bond donors (Lipinski definition) is 2. The lowest BCUT2D eigenvalue weighted by molar-refractivity contribution is 0.209. The SMILES string of the molecule is CC(C)c1nc(-c2ccc(F)c(NC(=O)O)c2)c(-c2ccnc(Cl)n2)s1. The fourth-order valence-corrected chi connectivity index (χ4v) is 3.51. The largest absolute Gasteiger partial charge is 0.465 e. The van der Waals surface area contributed by atoms with E-state index in [0.29, 0.717) is 17.0 Å². The molecule has 0 saturated heterocycles. The molecule has 1 amide bonds. The van der Waals surface area contributed by atoms with Crippen molar-refractivity contribution in [3.05, 3.63) is 46.6 Å². The van der Waals surface area contributed by atoms with E-state index in [1.165, 1.54) is 23.5 Å². The number of hydrogen-bond acceptors (Lipinski definition) is 5. The zero-order chi connectivity index (χ0) is 18.8. The van der Waals surface area contributed by atoms with Crippen LogP contribution in [-0.2, 0) is 0 Å². The third-order valence-corrected chi connectivity index (χ3v) is 5.04. The Morgan fingerprint density at radius 2 is 2.08 bits per heavy atom. The Bertz CT molecular complexity index is 977. The van der Waals surface area contributed by atoms with E-state index in [2.05, 4.69) is 20.3 Å². The van der Waals surface area contributed by atoms with Crippen LogP contribution >= 0.6 is 22.9 Å². The first kappa shape index (κ1) is 18.2. The van der Waals surface area contributed by atoms with Gasteiger partial charge in [0.2, 0.25) is 5.28 Å². The maximum Gasteiger partial charge on any atom is 0.409 e. The Morgan fingerprint density at radius 3 is 2.73 bits per heavy atom. The van der Waals surface area contributed by atoms with Crippen LogP contribution in [0.5, 0.6) is 0 Å².